The van der Waals surface area contributed by atoms with Gasteiger partial charge in [-0.05, 0) is 31.1 Å². The molecular formula is C12H20N2O3. The van der Waals surface area contributed by atoms with Gasteiger partial charge in [0.15, 0.2) is 0 Å². The molecule has 1 atom stereocenters. The Morgan fingerprint density at radius 2 is 2.06 bits per heavy atom. The second-order valence-corrected chi connectivity index (χ2v) is 4.83. The summed E-state index contributed by atoms with van der Waals surface area (Å²) >= 11 is 0. The predicted octanol–water partition coefficient (Wildman–Crippen LogP) is 1.71. The molecule has 1 aliphatic carbocycles. The quantitative estimate of drug-likeness (QED) is 0.661. The molecule has 0 aromatic carbocycles. The highest BCUT2D eigenvalue weighted by molar-refractivity contribution is 5.82. The van der Waals surface area contributed by atoms with Crippen LogP contribution in [0.4, 0.5) is 4.79 Å². The fourth-order valence-corrected chi connectivity index (χ4v) is 1.44. The van der Waals surface area contributed by atoms with Crippen molar-refractivity contribution >= 4 is 12.0 Å². The molecule has 1 unspecified atom stereocenters. The first kappa shape index (κ1) is 13.5. The van der Waals surface area contributed by atoms with Crippen molar-refractivity contribution in [2.75, 3.05) is 0 Å². The summed E-state index contributed by atoms with van der Waals surface area (Å²) in [7, 11) is 0. The summed E-state index contributed by atoms with van der Waals surface area (Å²) in [6.45, 7) is 3.84. The Labute approximate surface area is 101 Å². The Balaban J connectivity index is 2.31. The van der Waals surface area contributed by atoms with E-state index in [1.807, 2.05) is 19.9 Å². The van der Waals surface area contributed by atoms with Crippen LogP contribution in [0.15, 0.2) is 12.3 Å². The van der Waals surface area contributed by atoms with Gasteiger partial charge in [0.1, 0.15) is 6.04 Å². The molecule has 5 heteroatoms. The predicted molar refractivity (Wildman–Crippen MR) is 64.4 cm³/mol. The lowest BCUT2D eigenvalue weighted by molar-refractivity contribution is -0.139. The maximum atomic E-state index is 11.4. The van der Waals surface area contributed by atoms with E-state index in [4.69, 9.17) is 5.11 Å². The minimum Gasteiger partial charge on any atom is -0.480 e. The zero-order valence-electron chi connectivity index (χ0n) is 10.3. The second-order valence-electron chi connectivity index (χ2n) is 4.83. The van der Waals surface area contributed by atoms with Crippen LogP contribution in [0.5, 0.6) is 0 Å². The van der Waals surface area contributed by atoms with Gasteiger partial charge in [-0.15, -0.1) is 0 Å². The van der Waals surface area contributed by atoms with Crippen LogP contribution in [0.3, 0.4) is 0 Å². The fraction of sp³-hybridized carbons (Fsp3) is 0.667. The number of hydrogen-bond acceptors (Lipinski definition) is 2. The molecule has 0 bridgehead atoms. The number of rotatable bonds is 6. The number of allylic oxidation sites excluding steroid dienone is 1. The van der Waals surface area contributed by atoms with Gasteiger partial charge in [-0.25, -0.2) is 9.59 Å². The summed E-state index contributed by atoms with van der Waals surface area (Å²) in [5.74, 6) is -0.195. The maximum absolute atomic E-state index is 11.4. The van der Waals surface area contributed by atoms with Crippen molar-refractivity contribution in [2.24, 2.45) is 11.8 Å². The summed E-state index contributed by atoms with van der Waals surface area (Å²) in [6, 6.07) is -1.29. The molecule has 96 valence electrons. The Morgan fingerprint density at radius 3 is 2.53 bits per heavy atom. The van der Waals surface area contributed by atoms with Crippen LogP contribution in [-0.2, 0) is 4.79 Å². The van der Waals surface area contributed by atoms with E-state index < -0.39 is 18.0 Å². The van der Waals surface area contributed by atoms with Crippen molar-refractivity contribution in [2.45, 2.75) is 39.2 Å². The number of carboxylic acid groups (broad SMARTS) is 1. The molecule has 1 saturated carbocycles. The van der Waals surface area contributed by atoms with Crippen LogP contribution < -0.4 is 10.6 Å². The molecule has 2 amide bonds. The lowest BCUT2D eigenvalue weighted by Gasteiger charge is -2.15. The summed E-state index contributed by atoms with van der Waals surface area (Å²) in [4.78, 5) is 22.3. The molecule has 17 heavy (non-hydrogen) atoms. The van der Waals surface area contributed by atoms with Crippen LogP contribution in [0.25, 0.3) is 0 Å². The largest absolute Gasteiger partial charge is 0.480 e. The fourth-order valence-electron chi connectivity index (χ4n) is 1.44. The SMILES string of the molecule is CC(C)CC(NC(=O)N/C=C/C1CC1)C(=O)O. The lowest BCUT2D eigenvalue weighted by atomic mass is 10.0. The number of urea groups is 1. The molecule has 1 fully saturated rings. The Hall–Kier alpha value is -1.52. The molecule has 0 spiro atoms. The van der Waals surface area contributed by atoms with Crippen molar-refractivity contribution in [1.29, 1.82) is 0 Å². The van der Waals surface area contributed by atoms with E-state index in [2.05, 4.69) is 10.6 Å². The van der Waals surface area contributed by atoms with Gasteiger partial charge in [-0.1, -0.05) is 19.9 Å². The van der Waals surface area contributed by atoms with Crippen LogP contribution in [-0.4, -0.2) is 23.1 Å². The highest BCUT2D eigenvalue weighted by Crippen LogP contribution is 2.29. The van der Waals surface area contributed by atoms with Crippen LogP contribution in [0.1, 0.15) is 33.1 Å². The molecule has 0 heterocycles. The average molecular weight is 240 g/mol. The number of carbonyl (C=O) groups is 2. The van der Waals surface area contributed by atoms with E-state index in [0.717, 1.165) is 0 Å². The second kappa shape index (κ2) is 6.27. The number of amides is 2. The molecule has 0 aromatic heterocycles. The third kappa shape index (κ3) is 5.94. The lowest BCUT2D eigenvalue weighted by Crippen LogP contribution is -2.45. The molecule has 3 N–H and O–H groups in total. The van der Waals surface area contributed by atoms with Crippen LogP contribution >= 0.6 is 0 Å². The van der Waals surface area contributed by atoms with E-state index in [1.165, 1.54) is 12.8 Å². The van der Waals surface area contributed by atoms with E-state index in [1.54, 1.807) is 6.20 Å². The smallest absolute Gasteiger partial charge is 0.326 e. The van der Waals surface area contributed by atoms with Gasteiger partial charge in [-0.2, -0.15) is 0 Å². The first-order valence-electron chi connectivity index (χ1n) is 5.95. The Bertz CT molecular complexity index is 309. The first-order chi connectivity index (χ1) is 7.99. The maximum Gasteiger partial charge on any atom is 0.326 e. The van der Waals surface area contributed by atoms with Crippen molar-refractivity contribution < 1.29 is 14.7 Å². The monoisotopic (exact) mass is 240 g/mol. The highest BCUT2D eigenvalue weighted by atomic mass is 16.4. The van der Waals surface area contributed by atoms with Crippen LogP contribution in [0, 0.1) is 11.8 Å². The first-order valence-corrected chi connectivity index (χ1v) is 5.95. The van der Waals surface area contributed by atoms with E-state index >= 15 is 0 Å². The normalized spacial score (nSPS) is 17.1. The average Bonchev–Trinajstić information content (AvgIpc) is 2.99. The molecule has 0 radical (unpaired) electrons. The van der Waals surface area contributed by atoms with Gasteiger partial charge in [0.05, 0.1) is 0 Å². The molecule has 0 aromatic rings. The van der Waals surface area contributed by atoms with E-state index in [0.29, 0.717) is 12.3 Å². The van der Waals surface area contributed by atoms with Gasteiger partial charge < -0.3 is 15.7 Å². The van der Waals surface area contributed by atoms with Crippen LogP contribution in [0.2, 0.25) is 0 Å². The minimum absolute atomic E-state index is 0.221. The molecule has 0 aliphatic heterocycles. The van der Waals surface area contributed by atoms with Gasteiger partial charge in [0.25, 0.3) is 0 Å². The molecule has 1 rings (SSSR count). The standard InChI is InChI=1S/C12H20N2O3/c1-8(2)7-10(11(15)16)14-12(17)13-6-5-9-3-4-9/h5-6,8-10H,3-4,7H2,1-2H3,(H,15,16)(H2,13,14,17)/b6-5+. The summed E-state index contributed by atoms with van der Waals surface area (Å²) in [5, 5.41) is 13.9. The van der Waals surface area contributed by atoms with Crippen molar-refractivity contribution in [3.63, 3.8) is 0 Å². The van der Waals surface area contributed by atoms with Crippen molar-refractivity contribution in [3.8, 4) is 0 Å². The van der Waals surface area contributed by atoms with Crippen molar-refractivity contribution in [1.82, 2.24) is 10.6 Å². The Morgan fingerprint density at radius 1 is 1.41 bits per heavy atom. The number of nitrogens with one attached hydrogen (secondary N) is 2. The molecular weight excluding hydrogens is 220 g/mol. The van der Waals surface area contributed by atoms with E-state index in [-0.39, 0.29) is 5.92 Å². The Kier molecular flexibility index (Phi) is 5.00. The van der Waals surface area contributed by atoms with Gasteiger partial charge >= 0.3 is 12.0 Å². The van der Waals surface area contributed by atoms with E-state index in [9.17, 15) is 9.59 Å². The molecule has 5 nitrogen and oxygen atoms in total. The topological polar surface area (TPSA) is 78.4 Å². The highest BCUT2D eigenvalue weighted by Gasteiger charge is 2.21. The summed E-state index contributed by atoms with van der Waals surface area (Å²) in [6.07, 6.45) is 6.28. The van der Waals surface area contributed by atoms with Gasteiger partial charge in [-0.3, -0.25) is 0 Å². The summed E-state index contributed by atoms with van der Waals surface area (Å²) in [5.41, 5.74) is 0. The zero-order chi connectivity index (χ0) is 12.8. The van der Waals surface area contributed by atoms with Gasteiger partial charge in [0.2, 0.25) is 0 Å². The molecule has 1 aliphatic rings. The zero-order valence-corrected chi connectivity index (χ0v) is 10.3. The number of hydrogen-bond donors (Lipinski definition) is 3. The number of carboxylic acids is 1. The third-order valence-corrected chi connectivity index (χ3v) is 2.52. The summed E-state index contributed by atoms with van der Waals surface area (Å²) < 4.78 is 0. The molecule has 0 saturated heterocycles. The minimum atomic E-state index is -1.000. The third-order valence-electron chi connectivity index (χ3n) is 2.52. The number of carbonyl (C=O) groups excluding carboxylic acids is 1. The number of aliphatic carboxylic acids is 1. The van der Waals surface area contributed by atoms with Crippen molar-refractivity contribution in [3.05, 3.63) is 12.3 Å². The van der Waals surface area contributed by atoms with Gasteiger partial charge in [0, 0.05) is 6.20 Å².